The van der Waals surface area contributed by atoms with Gasteiger partial charge in [0, 0.05) is 17.0 Å². The molecule has 2 N–H and O–H groups in total. The number of ether oxygens (including phenoxy) is 3. The summed E-state index contributed by atoms with van der Waals surface area (Å²) in [6.45, 7) is -0.177. The molecule has 0 aliphatic carbocycles. The quantitative estimate of drug-likeness (QED) is 0.367. The number of benzene rings is 2. The first kappa shape index (κ1) is 22.0. The van der Waals surface area contributed by atoms with Gasteiger partial charge >= 0.3 is 5.97 Å². The number of methoxy groups -OCH3 is 1. The van der Waals surface area contributed by atoms with Gasteiger partial charge in [0.15, 0.2) is 6.61 Å². The second-order valence-electron chi connectivity index (χ2n) is 5.80. The molecule has 154 valence electrons. The largest absolute Gasteiger partial charge is 0.497 e. The summed E-state index contributed by atoms with van der Waals surface area (Å²) in [6, 6.07) is 13.2. The fourth-order valence-corrected chi connectivity index (χ4v) is 2.26. The van der Waals surface area contributed by atoms with Gasteiger partial charge in [-0.25, -0.2) is 0 Å². The van der Waals surface area contributed by atoms with Crippen LogP contribution in [0, 0.1) is 0 Å². The normalized spacial score (nSPS) is 10.0. The lowest BCUT2D eigenvalue weighted by molar-refractivity contribution is -0.148. The number of halogens is 1. The molecule has 8 nitrogen and oxygen atoms in total. The summed E-state index contributed by atoms with van der Waals surface area (Å²) in [5.41, 5.74) is 4.71. The summed E-state index contributed by atoms with van der Waals surface area (Å²) < 4.78 is 15.4. The van der Waals surface area contributed by atoms with Crippen LogP contribution in [0.4, 0.5) is 0 Å². The number of carbonyl (C=O) groups is 3. The van der Waals surface area contributed by atoms with Gasteiger partial charge in [0.05, 0.1) is 13.7 Å². The van der Waals surface area contributed by atoms with Gasteiger partial charge in [0.2, 0.25) is 0 Å². The molecule has 2 aromatic carbocycles. The van der Waals surface area contributed by atoms with E-state index in [0.29, 0.717) is 29.4 Å². The van der Waals surface area contributed by atoms with Crippen molar-refractivity contribution in [2.24, 2.45) is 0 Å². The summed E-state index contributed by atoms with van der Waals surface area (Å²) in [7, 11) is 1.58. The molecule has 0 radical (unpaired) electrons. The Morgan fingerprint density at radius 2 is 1.59 bits per heavy atom. The summed E-state index contributed by atoms with van der Waals surface area (Å²) in [6.07, 6.45) is 0.528. The van der Waals surface area contributed by atoms with Gasteiger partial charge in [-0.05, 0) is 55.0 Å². The van der Waals surface area contributed by atoms with E-state index in [4.69, 9.17) is 25.8 Å². The van der Waals surface area contributed by atoms with E-state index in [2.05, 4.69) is 10.9 Å². The van der Waals surface area contributed by atoms with E-state index in [9.17, 15) is 14.4 Å². The molecule has 0 saturated carbocycles. The van der Waals surface area contributed by atoms with Crippen molar-refractivity contribution >= 4 is 29.4 Å². The average Bonchev–Trinajstić information content (AvgIpc) is 2.74. The van der Waals surface area contributed by atoms with Gasteiger partial charge in [-0.3, -0.25) is 25.2 Å². The van der Waals surface area contributed by atoms with E-state index >= 15 is 0 Å². The number of carbonyl (C=O) groups excluding carboxylic acids is 3. The molecule has 0 heterocycles. The first-order chi connectivity index (χ1) is 14.0. The first-order valence-corrected chi connectivity index (χ1v) is 9.13. The minimum atomic E-state index is -0.657. The number of amides is 2. The monoisotopic (exact) mass is 420 g/mol. The molecule has 2 aromatic rings. The summed E-state index contributed by atoms with van der Waals surface area (Å²) >= 11 is 5.74. The van der Waals surface area contributed by atoms with E-state index in [1.807, 2.05) is 0 Å². The third-order valence-corrected chi connectivity index (χ3v) is 3.89. The second kappa shape index (κ2) is 11.6. The van der Waals surface area contributed by atoms with E-state index in [0.717, 1.165) is 5.75 Å². The van der Waals surface area contributed by atoms with Gasteiger partial charge in [-0.2, -0.15) is 0 Å². The Kier molecular flexibility index (Phi) is 8.78. The van der Waals surface area contributed by atoms with E-state index < -0.39 is 24.4 Å². The van der Waals surface area contributed by atoms with Crippen molar-refractivity contribution in [3.63, 3.8) is 0 Å². The molecule has 0 fully saturated rings. The number of hydrazine groups is 1. The Morgan fingerprint density at radius 3 is 2.24 bits per heavy atom. The molecule has 2 rings (SSSR count). The van der Waals surface area contributed by atoms with Crippen LogP contribution in [0.15, 0.2) is 48.5 Å². The Bertz CT molecular complexity index is 824. The molecule has 2 amide bonds. The van der Waals surface area contributed by atoms with Crippen molar-refractivity contribution in [2.75, 3.05) is 20.3 Å². The third kappa shape index (κ3) is 8.10. The van der Waals surface area contributed by atoms with Crippen molar-refractivity contribution in [1.82, 2.24) is 10.9 Å². The summed E-state index contributed by atoms with van der Waals surface area (Å²) in [5.74, 6) is -0.326. The van der Waals surface area contributed by atoms with Crippen LogP contribution >= 0.6 is 11.6 Å². The van der Waals surface area contributed by atoms with Crippen LogP contribution < -0.4 is 20.3 Å². The Balaban J connectivity index is 1.57. The van der Waals surface area contributed by atoms with Crippen LogP contribution in [0.3, 0.4) is 0 Å². The zero-order valence-corrected chi connectivity index (χ0v) is 16.5. The fraction of sp³-hybridized carbons (Fsp3) is 0.250. The Labute approximate surface area is 173 Å². The smallest absolute Gasteiger partial charge is 0.306 e. The van der Waals surface area contributed by atoms with E-state index in [-0.39, 0.29) is 6.42 Å². The SMILES string of the molecule is COc1ccc(OCCCC(=O)OCC(=O)NNC(=O)c2ccc(Cl)cc2)cc1. The zero-order valence-electron chi connectivity index (χ0n) is 15.8. The van der Waals surface area contributed by atoms with Crippen molar-refractivity contribution in [3.05, 3.63) is 59.1 Å². The number of nitrogens with one attached hydrogen (secondary N) is 2. The number of hydrogen-bond acceptors (Lipinski definition) is 6. The maximum Gasteiger partial charge on any atom is 0.306 e. The molecule has 0 unspecified atom stereocenters. The Hall–Kier alpha value is -3.26. The van der Waals surface area contributed by atoms with Crippen LogP contribution in [0.5, 0.6) is 11.5 Å². The molecule has 0 aromatic heterocycles. The molecular weight excluding hydrogens is 400 g/mol. The van der Waals surface area contributed by atoms with Crippen molar-refractivity contribution in [2.45, 2.75) is 12.8 Å². The summed E-state index contributed by atoms with van der Waals surface area (Å²) in [5, 5.41) is 0.492. The highest BCUT2D eigenvalue weighted by molar-refractivity contribution is 6.30. The van der Waals surface area contributed by atoms with Crippen LogP contribution in [0.1, 0.15) is 23.2 Å². The van der Waals surface area contributed by atoms with Crippen molar-refractivity contribution < 1.29 is 28.6 Å². The standard InChI is InChI=1S/C20H21ClN2O6/c1-27-16-8-10-17(11-9-16)28-12-2-3-19(25)29-13-18(24)22-23-20(26)14-4-6-15(21)7-5-14/h4-11H,2-3,12-13H2,1H3,(H,22,24)(H,23,26). The van der Waals surface area contributed by atoms with Crippen LogP contribution in [0.2, 0.25) is 5.02 Å². The molecule has 29 heavy (non-hydrogen) atoms. The van der Waals surface area contributed by atoms with E-state index in [1.165, 1.54) is 12.1 Å². The third-order valence-electron chi connectivity index (χ3n) is 3.64. The molecule has 0 bridgehead atoms. The highest BCUT2D eigenvalue weighted by Crippen LogP contribution is 2.17. The molecule has 0 aliphatic heterocycles. The number of esters is 1. The van der Waals surface area contributed by atoms with Gasteiger partial charge in [0.1, 0.15) is 11.5 Å². The summed E-state index contributed by atoms with van der Waals surface area (Å²) in [4.78, 5) is 35.1. The molecule has 9 heteroatoms. The van der Waals surface area contributed by atoms with Crippen molar-refractivity contribution in [3.8, 4) is 11.5 Å². The van der Waals surface area contributed by atoms with Gasteiger partial charge in [-0.15, -0.1) is 0 Å². The molecular formula is C20H21ClN2O6. The van der Waals surface area contributed by atoms with Gasteiger partial charge in [0.25, 0.3) is 11.8 Å². The lowest BCUT2D eigenvalue weighted by atomic mass is 10.2. The Morgan fingerprint density at radius 1 is 0.931 bits per heavy atom. The van der Waals surface area contributed by atoms with Crippen LogP contribution in [-0.4, -0.2) is 38.1 Å². The first-order valence-electron chi connectivity index (χ1n) is 8.75. The maximum absolute atomic E-state index is 11.8. The highest BCUT2D eigenvalue weighted by atomic mass is 35.5. The van der Waals surface area contributed by atoms with Crippen molar-refractivity contribution in [1.29, 1.82) is 0 Å². The lowest BCUT2D eigenvalue weighted by Gasteiger charge is -2.09. The topological polar surface area (TPSA) is 103 Å². The fourth-order valence-electron chi connectivity index (χ4n) is 2.13. The van der Waals surface area contributed by atoms with E-state index in [1.54, 1.807) is 43.5 Å². The highest BCUT2D eigenvalue weighted by Gasteiger charge is 2.10. The average molecular weight is 421 g/mol. The lowest BCUT2D eigenvalue weighted by Crippen LogP contribution is -2.43. The molecule has 0 aliphatic rings. The minimum Gasteiger partial charge on any atom is -0.497 e. The number of rotatable bonds is 9. The van der Waals surface area contributed by atoms with Gasteiger partial charge < -0.3 is 14.2 Å². The predicted molar refractivity (Wildman–Crippen MR) is 106 cm³/mol. The van der Waals surface area contributed by atoms with Gasteiger partial charge in [-0.1, -0.05) is 11.6 Å². The van der Waals surface area contributed by atoms with Crippen LogP contribution in [0.25, 0.3) is 0 Å². The predicted octanol–water partition coefficient (Wildman–Crippen LogP) is 2.51. The molecule has 0 spiro atoms. The maximum atomic E-state index is 11.8. The minimum absolute atomic E-state index is 0.0978. The second-order valence-corrected chi connectivity index (χ2v) is 6.23. The number of hydrogen-bond donors (Lipinski definition) is 2. The van der Waals surface area contributed by atoms with Crippen LogP contribution in [-0.2, 0) is 14.3 Å². The molecule has 0 saturated heterocycles. The molecule has 0 atom stereocenters. The zero-order chi connectivity index (χ0) is 21.1.